The van der Waals surface area contributed by atoms with Crippen LogP contribution in [0.2, 0.25) is 0 Å². The number of aliphatic hydroxyl groups is 1. The lowest BCUT2D eigenvalue weighted by Crippen LogP contribution is -2.36. The molecule has 1 saturated carbocycles. The first-order valence-corrected chi connectivity index (χ1v) is 5.86. The number of nitrogens with one attached hydrogen (secondary N) is 2. The zero-order chi connectivity index (χ0) is 11.1. The average molecular weight is 214 g/mol. The van der Waals surface area contributed by atoms with E-state index in [-0.39, 0.29) is 12.5 Å². The van der Waals surface area contributed by atoms with E-state index < -0.39 is 0 Å². The van der Waals surface area contributed by atoms with Crippen LogP contribution in [-0.4, -0.2) is 37.3 Å². The van der Waals surface area contributed by atoms with Crippen molar-refractivity contribution in [2.75, 3.05) is 26.2 Å². The van der Waals surface area contributed by atoms with E-state index in [2.05, 4.69) is 10.6 Å². The topological polar surface area (TPSA) is 61.4 Å². The van der Waals surface area contributed by atoms with Crippen LogP contribution >= 0.6 is 0 Å². The molecule has 0 radical (unpaired) electrons. The van der Waals surface area contributed by atoms with Gasteiger partial charge in [0.05, 0.1) is 6.54 Å². The molecule has 1 amide bonds. The Bertz CT molecular complexity index is 197. The fourth-order valence-corrected chi connectivity index (χ4v) is 2.25. The molecule has 3 N–H and O–H groups in total. The number of rotatable bonds is 6. The highest BCUT2D eigenvalue weighted by molar-refractivity contribution is 5.77. The number of likely N-dealkylation sites (N-methyl/N-ethyl adjacent to an activating group) is 1. The van der Waals surface area contributed by atoms with Crippen LogP contribution in [0.3, 0.4) is 0 Å². The third kappa shape index (κ3) is 4.18. The quantitative estimate of drug-likeness (QED) is 0.588. The molecule has 0 aromatic rings. The molecule has 1 aliphatic carbocycles. The number of aliphatic hydroxyl groups excluding tert-OH is 1. The van der Waals surface area contributed by atoms with Gasteiger partial charge >= 0.3 is 0 Å². The maximum absolute atomic E-state index is 11.1. The summed E-state index contributed by atoms with van der Waals surface area (Å²) in [6.45, 7) is 4.12. The minimum absolute atomic E-state index is 0.0519. The minimum atomic E-state index is 0.0519. The third-order valence-electron chi connectivity index (χ3n) is 3.12. The summed E-state index contributed by atoms with van der Waals surface area (Å²) in [6.07, 6.45) is 3.51. The van der Waals surface area contributed by atoms with Crippen LogP contribution in [0.5, 0.6) is 0 Å². The second-order valence-electron chi connectivity index (χ2n) is 4.22. The van der Waals surface area contributed by atoms with Crippen LogP contribution in [-0.2, 0) is 4.79 Å². The maximum atomic E-state index is 11.1. The summed E-state index contributed by atoms with van der Waals surface area (Å²) in [4.78, 5) is 11.1. The molecule has 0 saturated heterocycles. The summed E-state index contributed by atoms with van der Waals surface area (Å²) in [6, 6.07) is 0. The van der Waals surface area contributed by atoms with Gasteiger partial charge in [-0.05, 0) is 38.1 Å². The van der Waals surface area contributed by atoms with Gasteiger partial charge in [0, 0.05) is 13.2 Å². The van der Waals surface area contributed by atoms with E-state index in [1.807, 2.05) is 6.92 Å². The fraction of sp³-hybridized carbons (Fsp3) is 0.909. The number of carbonyl (C=O) groups excluding carboxylic acids is 1. The summed E-state index contributed by atoms with van der Waals surface area (Å²) in [5.74, 6) is 1.03. The van der Waals surface area contributed by atoms with Crippen LogP contribution in [0.4, 0.5) is 0 Å². The number of hydrogen-bond donors (Lipinski definition) is 3. The van der Waals surface area contributed by atoms with Crippen molar-refractivity contribution in [2.24, 2.45) is 11.8 Å². The smallest absolute Gasteiger partial charge is 0.233 e. The van der Waals surface area contributed by atoms with Crippen molar-refractivity contribution >= 4 is 5.91 Å². The second kappa shape index (κ2) is 6.80. The van der Waals surface area contributed by atoms with Gasteiger partial charge in [-0.15, -0.1) is 0 Å². The summed E-state index contributed by atoms with van der Waals surface area (Å²) in [5.41, 5.74) is 0. The summed E-state index contributed by atoms with van der Waals surface area (Å²) in [5, 5.41) is 15.0. The number of carbonyl (C=O) groups is 1. The molecule has 4 nitrogen and oxygen atoms in total. The molecular weight excluding hydrogens is 192 g/mol. The summed E-state index contributed by atoms with van der Waals surface area (Å²) >= 11 is 0. The van der Waals surface area contributed by atoms with Crippen LogP contribution < -0.4 is 10.6 Å². The number of hydrogen-bond acceptors (Lipinski definition) is 3. The zero-order valence-electron chi connectivity index (χ0n) is 9.46. The Labute approximate surface area is 91.4 Å². The van der Waals surface area contributed by atoms with Crippen LogP contribution in [0.25, 0.3) is 0 Å². The van der Waals surface area contributed by atoms with E-state index in [0.717, 1.165) is 13.0 Å². The van der Waals surface area contributed by atoms with Gasteiger partial charge in [0.25, 0.3) is 0 Å². The van der Waals surface area contributed by atoms with Crippen molar-refractivity contribution in [1.82, 2.24) is 10.6 Å². The van der Waals surface area contributed by atoms with Crippen molar-refractivity contribution in [3.05, 3.63) is 0 Å². The normalized spacial score (nSPS) is 25.5. The van der Waals surface area contributed by atoms with E-state index in [4.69, 9.17) is 5.11 Å². The Morgan fingerprint density at radius 1 is 1.40 bits per heavy atom. The number of amides is 1. The van der Waals surface area contributed by atoms with E-state index in [1.54, 1.807) is 0 Å². The third-order valence-corrected chi connectivity index (χ3v) is 3.12. The van der Waals surface area contributed by atoms with Gasteiger partial charge in [-0.2, -0.15) is 0 Å². The molecule has 15 heavy (non-hydrogen) atoms. The second-order valence-corrected chi connectivity index (χ2v) is 4.22. The van der Waals surface area contributed by atoms with E-state index in [9.17, 15) is 4.79 Å². The molecule has 0 aromatic heterocycles. The SMILES string of the molecule is CCNC(=O)CNCC1CCCC1CO. The molecule has 1 fully saturated rings. The highest BCUT2D eigenvalue weighted by Crippen LogP contribution is 2.30. The molecule has 0 aliphatic heterocycles. The average Bonchev–Trinajstić information content (AvgIpc) is 2.66. The van der Waals surface area contributed by atoms with E-state index in [0.29, 0.717) is 24.9 Å². The van der Waals surface area contributed by atoms with Gasteiger partial charge in [-0.1, -0.05) is 6.42 Å². The zero-order valence-corrected chi connectivity index (χ0v) is 9.46. The Balaban J connectivity index is 2.11. The van der Waals surface area contributed by atoms with E-state index in [1.165, 1.54) is 12.8 Å². The van der Waals surface area contributed by atoms with Gasteiger partial charge in [0.1, 0.15) is 0 Å². The van der Waals surface area contributed by atoms with Crippen molar-refractivity contribution in [3.63, 3.8) is 0 Å². The molecule has 0 bridgehead atoms. The first-order valence-electron chi connectivity index (χ1n) is 5.86. The van der Waals surface area contributed by atoms with Crippen LogP contribution in [0.1, 0.15) is 26.2 Å². The molecule has 0 spiro atoms. The van der Waals surface area contributed by atoms with Crippen molar-refractivity contribution in [1.29, 1.82) is 0 Å². The summed E-state index contributed by atoms with van der Waals surface area (Å²) in [7, 11) is 0. The lowest BCUT2D eigenvalue weighted by Gasteiger charge is -2.17. The lowest BCUT2D eigenvalue weighted by atomic mass is 9.97. The Morgan fingerprint density at radius 3 is 2.80 bits per heavy atom. The highest BCUT2D eigenvalue weighted by Gasteiger charge is 2.25. The van der Waals surface area contributed by atoms with Gasteiger partial charge in [0.15, 0.2) is 0 Å². The molecule has 0 aromatic carbocycles. The highest BCUT2D eigenvalue weighted by atomic mass is 16.3. The molecule has 4 heteroatoms. The Hall–Kier alpha value is -0.610. The standard InChI is InChI=1S/C11H22N2O2/c1-2-13-11(15)7-12-6-9-4-3-5-10(9)8-14/h9-10,12,14H,2-8H2,1H3,(H,13,15). The van der Waals surface area contributed by atoms with Crippen LogP contribution in [0, 0.1) is 11.8 Å². The predicted molar refractivity (Wildman–Crippen MR) is 59.5 cm³/mol. The Morgan fingerprint density at radius 2 is 2.13 bits per heavy atom. The molecule has 1 aliphatic rings. The molecule has 1 rings (SSSR count). The Kier molecular flexibility index (Phi) is 5.65. The monoisotopic (exact) mass is 214 g/mol. The lowest BCUT2D eigenvalue weighted by molar-refractivity contribution is -0.120. The van der Waals surface area contributed by atoms with Gasteiger partial charge < -0.3 is 15.7 Å². The summed E-state index contributed by atoms with van der Waals surface area (Å²) < 4.78 is 0. The van der Waals surface area contributed by atoms with Crippen molar-refractivity contribution < 1.29 is 9.90 Å². The molecule has 2 atom stereocenters. The molecule has 0 heterocycles. The van der Waals surface area contributed by atoms with Crippen molar-refractivity contribution in [3.8, 4) is 0 Å². The maximum Gasteiger partial charge on any atom is 0.233 e. The first kappa shape index (κ1) is 12.5. The first-order chi connectivity index (χ1) is 7.27. The van der Waals surface area contributed by atoms with Gasteiger partial charge in [0.2, 0.25) is 5.91 Å². The van der Waals surface area contributed by atoms with Gasteiger partial charge in [-0.25, -0.2) is 0 Å². The fourth-order valence-electron chi connectivity index (χ4n) is 2.25. The molecular formula is C11H22N2O2. The predicted octanol–water partition coefficient (Wildman–Crippen LogP) is 0.121. The molecule has 88 valence electrons. The van der Waals surface area contributed by atoms with Crippen LogP contribution in [0.15, 0.2) is 0 Å². The van der Waals surface area contributed by atoms with E-state index >= 15 is 0 Å². The largest absolute Gasteiger partial charge is 0.396 e. The minimum Gasteiger partial charge on any atom is -0.396 e. The van der Waals surface area contributed by atoms with Crippen molar-refractivity contribution in [2.45, 2.75) is 26.2 Å². The molecule has 2 unspecified atom stereocenters. The van der Waals surface area contributed by atoms with Gasteiger partial charge in [-0.3, -0.25) is 4.79 Å².